The molecule has 1 N–H and O–H groups in total. The van der Waals surface area contributed by atoms with Crippen molar-refractivity contribution in [3.8, 4) is 0 Å². The van der Waals surface area contributed by atoms with Crippen molar-refractivity contribution >= 4 is 21.8 Å². The first-order valence-electron chi connectivity index (χ1n) is 4.09. The number of nitrogens with one attached hydrogen (secondary N) is 1. The summed E-state index contributed by atoms with van der Waals surface area (Å²) in [6, 6.07) is 5.95. The highest BCUT2D eigenvalue weighted by Crippen LogP contribution is 2.17. The Morgan fingerprint density at radius 3 is 2.77 bits per heavy atom. The molecule has 1 rings (SSSR count). The highest BCUT2D eigenvalue weighted by molar-refractivity contribution is 9.10. The molecular formula is C10H12BrNO. The standard InChI is InChI=1S/C10H12BrNO/c1-7-3-4-8(5-9(7)11)6-10(13)12-2/h3-5H,6H2,1-2H3,(H,12,13). The highest BCUT2D eigenvalue weighted by atomic mass is 79.9. The monoisotopic (exact) mass is 241 g/mol. The van der Waals surface area contributed by atoms with Gasteiger partial charge >= 0.3 is 0 Å². The lowest BCUT2D eigenvalue weighted by Crippen LogP contribution is -2.19. The molecule has 0 unspecified atom stereocenters. The number of aryl methyl sites for hydroxylation is 1. The summed E-state index contributed by atoms with van der Waals surface area (Å²) in [7, 11) is 1.64. The average molecular weight is 242 g/mol. The number of halogens is 1. The molecule has 0 aromatic heterocycles. The van der Waals surface area contributed by atoms with Gasteiger partial charge in [0.25, 0.3) is 0 Å². The van der Waals surface area contributed by atoms with Gasteiger partial charge in [-0.2, -0.15) is 0 Å². The molecule has 0 spiro atoms. The number of hydrogen-bond acceptors (Lipinski definition) is 1. The van der Waals surface area contributed by atoms with Crippen LogP contribution in [0.3, 0.4) is 0 Å². The van der Waals surface area contributed by atoms with E-state index in [2.05, 4.69) is 21.2 Å². The number of rotatable bonds is 2. The molecule has 0 saturated heterocycles. The predicted octanol–water partition coefficient (Wildman–Crippen LogP) is 2.05. The zero-order valence-corrected chi connectivity index (χ0v) is 9.31. The fraction of sp³-hybridized carbons (Fsp3) is 0.300. The molecule has 3 heteroatoms. The Bertz CT molecular complexity index is 323. The first kappa shape index (κ1) is 10.3. The second-order valence-corrected chi connectivity index (χ2v) is 3.79. The molecule has 0 saturated carbocycles. The molecule has 0 bridgehead atoms. The number of carbonyl (C=O) groups is 1. The van der Waals surface area contributed by atoms with E-state index in [1.165, 1.54) is 5.56 Å². The number of benzene rings is 1. The summed E-state index contributed by atoms with van der Waals surface area (Å²) in [4.78, 5) is 11.1. The maximum absolute atomic E-state index is 11.1. The van der Waals surface area contributed by atoms with Gasteiger partial charge in [0.1, 0.15) is 0 Å². The van der Waals surface area contributed by atoms with Crippen LogP contribution in [0.2, 0.25) is 0 Å². The van der Waals surface area contributed by atoms with E-state index < -0.39 is 0 Å². The number of hydrogen-bond donors (Lipinski definition) is 1. The number of likely N-dealkylation sites (N-methyl/N-ethyl adjacent to an activating group) is 1. The molecule has 1 aromatic carbocycles. The fourth-order valence-electron chi connectivity index (χ4n) is 1.02. The van der Waals surface area contributed by atoms with Crippen molar-refractivity contribution in [2.45, 2.75) is 13.3 Å². The summed E-state index contributed by atoms with van der Waals surface area (Å²) >= 11 is 3.43. The molecule has 0 heterocycles. The Morgan fingerprint density at radius 1 is 1.54 bits per heavy atom. The lowest BCUT2D eigenvalue weighted by molar-refractivity contribution is -0.119. The first-order valence-corrected chi connectivity index (χ1v) is 4.88. The summed E-state index contributed by atoms with van der Waals surface area (Å²) in [5.41, 5.74) is 2.21. The van der Waals surface area contributed by atoms with Crippen LogP contribution in [0.25, 0.3) is 0 Å². The van der Waals surface area contributed by atoms with Gasteiger partial charge < -0.3 is 5.32 Å². The van der Waals surface area contributed by atoms with E-state index in [1.807, 2.05) is 25.1 Å². The Labute approximate surface area is 86.5 Å². The zero-order valence-electron chi connectivity index (χ0n) is 7.73. The molecule has 0 atom stereocenters. The summed E-state index contributed by atoms with van der Waals surface area (Å²) in [6.07, 6.45) is 0.440. The molecule has 0 fully saturated rings. The van der Waals surface area contributed by atoms with Gasteiger partial charge in [-0.15, -0.1) is 0 Å². The number of carbonyl (C=O) groups excluding carboxylic acids is 1. The van der Waals surface area contributed by atoms with E-state index >= 15 is 0 Å². The van der Waals surface area contributed by atoms with Crippen LogP contribution in [0.4, 0.5) is 0 Å². The van der Waals surface area contributed by atoms with Gasteiger partial charge in [0.15, 0.2) is 0 Å². The first-order chi connectivity index (χ1) is 6.13. The van der Waals surface area contributed by atoms with Gasteiger partial charge in [-0.05, 0) is 24.1 Å². The number of amides is 1. The SMILES string of the molecule is CNC(=O)Cc1ccc(C)c(Br)c1. The van der Waals surface area contributed by atoms with Crippen LogP contribution >= 0.6 is 15.9 Å². The smallest absolute Gasteiger partial charge is 0.224 e. The van der Waals surface area contributed by atoms with Crippen molar-refractivity contribution in [3.63, 3.8) is 0 Å². The van der Waals surface area contributed by atoms with Crippen molar-refractivity contribution in [2.75, 3.05) is 7.05 Å². The minimum atomic E-state index is 0.0377. The van der Waals surface area contributed by atoms with Crippen molar-refractivity contribution in [1.82, 2.24) is 5.32 Å². The predicted molar refractivity (Wildman–Crippen MR) is 56.6 cm³/mol. The molecule has 0 aliphatic carbocycles. The third-order valence-corrected chi connectivity index (χ3v) is 2.73. The third kappa shape index (κ3) is 2.84. The van der Waals surface area contributed by atoms with Gasteiger partial charge in [0.2, 0.25) is 5.91 Å². The van der Waals surface area contributed by atoms with E-state index in [1.54, 1.807) is 7.05 Å². The third-order valence-electron chi connectivity index (χ3n) is 1.88. The van der Waals surface area contributed by atoms with Crippen LogP contribution in [0, 0.1) is 6.92 Å². The molecule has 0 aliphatic heterocycles. The zero-order chi connectivity index (χ0) is 9.84. The lowest BCUT2D eigenvalue weighted by Gasteiger charge is -2.02. The maximum atomic E-state index is 11.1. The van der Waals surface area contributed by atoms with Gasteiger partial charge in [-0.3, -0.25) is 4.79 Å². The molecule has 13 heavy (non-hydrogen) atoms. The Hall–Kier alpha value is -0.830. The summed E-state index contributed by atoms with van der Waals surface area (Å²) in [5, 5.41) is 2.59. The Kier molecular flexibility index (Phi) is 3.48. The normalized spacial score (nSPS) is 9.77. The summed E-state index contributed by atoms with van der Waals surface area (Å²) in [5.74, 6) is 0.0377. The van der Waals surface area contributed by atoms with Crippen molar-refractivity contribution in [2.24, 2.45) is 0 Å². The van der Waals surface area contributed by atoms with Crippen LogP contribution in [-0.2, 0) is 11.2 Å². The van der Waals surface area contributed by atoms with Gasteiger partial charge in [-0.25, -0.2) is 0 Å². The van der Waals surface area contributed by atoms with Crippen molar-refractivity contribution in [1.29, 1.82) is 0 Å². The van der Waals surface area contributed by atoms with Gasteiger partial charge in [-0.1, -0.05) is 28.1 Å². The Balaban J connectivity index is 2.79. The van der Waals surface area contributed by atoms with Crippen LogP contribution in [0.1, 0.15) is 11.1 Å². The van der Waals surface area contributed by atoms with Crippen molar-refractivity contribution < 1.29 is 4.79 Å². The van der Waals surface area contributed by atoms with Crippen molar-refractivity contribution in [3.05, 3.63) is 33.8 Å². The van der Waals surface area contributed by atoms with Crippen LogP contribution in [-0.4, -0.2) is 13.0 Å². The molecule has 0 aliphatic rings. The van der Waals surface area contributed by atoms with E-state index in [-0.39, 0.29) is 5.91 Å². The molecule has 1 aromatic rings. The van der Waals surface area contributed by atoms with E-state index in [4.69, 9.17) is 0 Å². The lowest BCUT2D eigenvalue weighted by atomic mass is 10.1. The largest absolute Gasteiger partial charge is 0.359 e. The van der Waals surface area contributed by atoms with E-state index in [0.29, 0.717) is 6.42 Å². The average Bonchev–Trinajstić information content (AvgIpc) is 2.11. The molecule has 2 nitrogen and oxygen atoms in total. The van der Waals surface area contributed by atoms with E-state index in [9.17, 15) is 4.79 Å². The topological polar surface area (TPSA) is 29.1 Å². The minimum Gasteiger partial charge on any atom is -0.359 e. The Morgan fingerprint density at radius 2 is 2.23 bits per heavy atom. The quantitative estimate of drug-likeness (QED) is 0.844. The molecule has 1 amide bonds. The van der Waals surface area contributed by atoms with Crippen LogP contribution < -0.4 is 5.32 Å². The second kappa shape index (κ2) is 4.42. The highest BCUT2D eigenvalue weighted by Gasteiger charge is 2.02. The maximum Gasteiger partial charge on any atom is 0.224 e. The fourth-order valence-corrected chi connectivity index (χ4v) is 1.45. The van der Waals surface area contributed by atoms with Crippen LogP contribution in [0.5, 0.6) is 0 Å². The van der Waals surface area contributed by atoms with Crippen LogP contribution in [0.15, 0.2) is 22.7 Å². The second-order valence-electron chi connectivity index (χ2n) is 2.93. The molecular weight excluding hydrogens is 230 g/mol. The summed E-state index contributed by atoms with van der Waals surface area (Å²) in [6.45, 7) is 2.02. The van der Waals surface area contributed by atoms with Gasteiger partial charge in [0, 0.05) is 11.5 Å². The molecule has 0 radical (unpaired) electrons. The van der Waals surface area contributed by atoms with E-state index in [0.717, 1.165) is 10.0 Å². The minimum absolute atomic E-state index is 0.0377. The van der Waals surface area contributed by atoms with Gasteiger partial charge in [0.05, 0.1) is 6.42 Å². The summed E-state index contributed by atoms with van der Waals surface area (Å²) < 4.78 is 1.05. The molecule has 70 valence electrons.